The van der Waals surface area contributed by atoms with E-state index >= 15 is 0 Å². The van der Waals surface area contributed by atoms with Crippen LogP contribution in [0, 0.1) is 6.92 Å². The molecule has 164 valence electrons. The van der Waals surface area contributed by atoms with Crippen molar-refractivity contribution in [3.8, 4) is 11.4 Å². The summed E-state index contributed by atoms with van der Waals surface area (Å²) in [5.41, 5.74) is 4.33. The molecule has 2 aromatic carbocycles. The molecule has 0 spiro atoms. The van der Waals surface area contributed by atoms with Crippen LogP contribution >= 0.6 is 0 Å². The molecule has 1 saturated heterocycles. The third kappa shape index (κ3) is 4.17. The third-order valence-corrected chi connectivity index (χ3v) is 6.22. The van der Waals surface area contributed by atoms with E-state index in [1.165, 1.54) is 11.4 Å². The van der Waals surface area contributed by atoms with Gasteiger partial charge in [0.1, 0.15) is 12.1 Å². The molecule has 4 rings (SSSR count). The van der Waals surface area contributed by atoms with Crippen molar-refractivity contribution in [2.45, 2.75) is 33.2 Å². The van der Waals surface area contributed by atoms with Gasteiger partial charge in [-0.05, 0) is 68.3 Å². The SMILES string of the molecule is CCC(C)n1ncn(-c2ccc(N3CCN(c4ccc(OC)c(C)c4)CC3)cc2)c1=O. The molecule has 0 amide bonds. The predicted octanol–water partition coefficient (Wildman–Crippen LogP) is 3.65. The normalized spacial score (nSPS) is 15.2. The topological polar surface area (TPSA) is 55.5 Å². The van der Waals surface area contributed by atoms with E-state index in [1.807, 2.05) is 25.1 Å². The zero-order chi connectivity index (χ0) is 22.0. The first-order valence-electron chi connectivity index (χ1n) is 10.9. The average Bonchev–Trinajstić information content (AvgIpc) is 3.20. The first-order chi connectivity index (χ1) is 15.0. The molecule has 7 nitrogen and oxygen atoms in total. The van der Waals surface area contributed by atoms with Gasteiger partial charge in [-0.1, -0.05) is 6.92 Å². The molecular weight excluding hydrogens is 390 g/mol. The number of aromatic nitrogens is 3. The average molecular weight is 422 g/mol. The Morgan fingerprint density at radius 1 is 0.968 bits per heavy atom. The van der Waals surface area contributed by atoms with Gasteiger partial charge in [0.05, 0.1) is 18.8 Å². The molecule has 1 aromatic heterocycles. The van der Waals surface area contributed by atoms with Gasteiger partial charge in [0.15, 0.2) is 0 Å². The van der Waals surface area contributed by atoms with Crippen LogP contribution in [0.15, 0.2) is 53.6 Å². The molecule has 31 heavy (non-hydrogen) atoms. The first kappa shape index (κ1) is 21.0. The van der Waals surface area contributed by atoms with Crippen molar-refractivity contribution in [1.82, 2.24) is 14.3 Å². The fourth-order valence-corrected chi connectivity index (χ4v) is 4.08. The minimum atomic E-state index is -0.0921. The van der Waals surface area contributed by atoms with E-state index in [0.717, 1.165) is 49.6 Å². The van der Waals surface area contributed by atoms with Gasteiger partial charge in [-0.2, -0.15) is 5.10 Å². The lowest BCUT2D eigenvalue weighted by Crippen LogP contribution is -2.46. The Balaban J connectivity index is 1.42. The summed E-state index contributed by atoms with van der Waals surface area (Å²) >= 11 is 0. The molecule has 0 radical (unpaired) electrons. The van der Waals surface area contributed by atoms with E-state index in [-0.39, 0.29) is 11.7 Å². The van der Waals surface area contributed by atoms with Gasteiger partial charge in [0.2, 0.25) is 0 Å². The molecule has 1 unspecified atom stereocenters. The maximum absolute atomic E-state index is 12.6. The summed E-state index contributed by atoms with van der Waals surface area (Å²) in [7, 11) is 1.71. The molecule has 7 heteroatoms. The van der Waals surface area contributed by atoms with Gasteiger partial charge >= 0.3 is 5.69 Å². The summed E-state index contributed by atoms with van der Waals surface area (Å²) in [6, 6.07) is 14.6. The van der Waals surface area contributed by atoms with Crippen molar-refractivity contribution in [2.24, 2.45) is 0 Å². The van der Waals surface area contributed by atoms with Crippen LogP contribution in [-0.2, 0) is 0 Å². The summed E-state index contributed by atoms with van der Waals surface area (Å²) in [5.74, 6) is 0.927. The van der Waals surface area contributed by atoms with E-state index in [1.54, 1.807) is 22.7 Å². The molecule has 1 fully saturated rings. The van der Waals surface area contributed by atoms with Crippen LogP contribution in [0.25, 0.3) is 5.69 Å². The number of hydrogen-bond donors (Lipinski definition) is 0. The van der Waals surface area contributed by atoms with Gasteiger partial charge in [-0.3, -0.25) is 0 Å². The molecule has 0 bridgehead atoms. The highest BCUT2D eigenvalue weighted by Crippen LogP contribution is 2.26. The van der Waals surface area contributed by atoms with Gasteiger partial charge in [0, 0.05) is 37.6 Å². The van der Waals surface area contributed by atoms with Gasteiger partial charge < -0.3 is 14.5 Å². The van der Waals surface area contributed by atoms with Crippen LogP contribution in [0.3, 0.4) is 0 Å². The Bertz CT molecular complexity index is 1080. The Hall–Kier alpha value is -3.22. The Kier molecular flexibility index (Phi) is 6.02. The summed E-state index contributed by atoms with van der Waals surface area (Å²) < 4.78 is 8.54. The van der Waals surface area contributed by atoms with E-state index in [9.17, 15) is 4.79 Å². The largest absolute Gasteiger partial charge is 0.496 e. The van der Waals surface area contributed by atoms with E-state index in [4.69, 9.17) is 4.74 Å². The molecule has 0 N–H and O–H groups in total. The second kappa shape index (κ2) is 8.88. The smallest absolute Gasteiger partial charge is 0.350 e. The molecular formula is C24H31N5O2. The van der Waals surface area contributed by atoms with Crippen molar-refractivity contribution >= 4 is 11.4 Å². The third-order valence-electron chi connectivity index (χ3n) is 6.22. The molecule has 1 atom stereocenters. The monoisotopic (exact) mass is 421 g/mol. The van der Waals surface area contributed by atoms with Crippen molar-refractivity contribution in [3.05, 3.63) is 64.8 Å². The molecule has 3 aromatic rings. The first-order valence-corrected chi connectivity index (χ1v) is 10.9. The van der Waals surface area contributed by atoms with Crippen molar-refractivity contribution in [3.63, 3.8) is 0 Å². The number of piperazine rings is 1. The van der Waals surface area contributed by atoms with Crippen LogP contribution in [0.5, 0.6) is 5.75 Å². The van der Waals surface area contributed by atoms with Crippen LogP contribution in [0.4, 0.5) is 11.4 Å². The highest BCUT2D eigenvalue weighted by Gasteiger charge is 2.19. The fraction of sp³-hybridized carbons (Fsp3) is 0.417. The lowest BCUT2D eigenvalue weighted by Gasteiger charge is -2.37. The van der Waals surface area contributed by atoms with Gasteiger partial charge in [-0.15, -0.1) is 0 Å². The molecule has 1 aliphatic heterocycles. The summed E-state index contributed by atoms with van der Waals surface area (Å²) in [6.45, 7) is 9.99. The van der Waals surface area contributed by atoms with Crippen molar-refractivity contribution in [1.29, 1.82) is 0 Å². The van der Waals surface area contributed by atoms with Crippen LogP contribution in [0.1, 0.15) is 31.9 Å². The van der Waals surface area contributed by atoms with Crippen molar-refractivity contribution < 1.29 is 4.74 Å². The number of benzene rings is 2. The minimum absolute atomic E-state index is 0.0921. The maximum atomic E-state index is 12.6. The molecule has 0 aliphatic carbocycles. The molecule has 0 saturated carbocycles. The lowest BCUT2D eigenvalue weighted by molar-refractivity contribution is 0.411. The maximum Gasteiger partial charge on any atom is 0.350 e. The van der Waals surface area contributed by atoms with Crippen LogP contribution in [-0.4, -0.2) is 47.6 Å². The number of aryl methyl sites for hydroxylation is 1. The number of methoxy groups -OCH3 is 1. The quantitative estimate of drug-likeness (QED) is 0.608. The standard InChI is InChI=1S/C24H31N5O2/c1-5-19(3)29-24(30)28(17-25-29)21-8-6-20(7-9-21)26-12-14-27(15-13-26)22-10-11-23(31-4)18(2)16-22/h6-11,16-17,19H,5,12-15H2,1-4H3. The predicted molar refractivity (Wildman–Crippen MR) is 125 cm³/mol. The molecule has 2 heterocycles. The van der Waals surface area contributed by atoms with Crippen LogP contribution in [0.2, 0.25) is 0 Å². The summed E-state index contributed by atoms with van der Waals surface area (Å²) in [6.07, 6.45) is 2.48. The number of anilines is 2. The van der Waals surface area contributed by atoms with Crippen molar-refractivity contribution in [2.75, 3.05) is 43.1 Å². The van der Waals surface area contributed by atoms with Gasteiger partial charge in [0.25, 0.3) is 0 Å². The second-order valence-electron chi connectivity index (χ2n) is 8.13. The lowest BCUT2D eigenvalue weighted by atomic mass is 10.1. The Morgan fingerprint density at radius 3 is 2.13 bits per heavy atom. The second-order valence-corrected chi connectivity index (χ2v) is 8.13. The Labute approximate surface area is 183 Å². The molecule has 1 aliphatic rings. The number of hydrogen-bond acceptors (Lipinski definition) is 5. The van der Waals surface area contributed by atoms with E-state index < -0.39 is 0 Å². The van der Waals surface area contributed by atoms with E-state index in [0.29, 0.717) is 0 Å². The van der Waals surface area contributed by atoms with E-state index in [2.05, 4.69) is 53.0 Å². The number of rotatable bonds is 6. The minimum Gasteiger partial charge on any atom is -0.496 e. The number of nitrogens with zero attached hydrogens (tertiary/aromatic N) is 5. The summed E-state index contributed by atoms with van der Waals surface area (Å²) in [4.78, 5) is 17.4. The number of ether oxygens (including phenoxy) is 1. The fourth-order valence-electron chi connectivity index (χ4n) is 4.08. The zero-order valence-corrected chi connectivity index (χ0v) is 18.8. The highest BCUT2D eigenvalue weighted by molar-refractivity contribution is 5.56. The highest BCUT2D eigenvalue weighted by atomic mass is 16.5. The van der Waals surface area contributed by atoms with Gasteiger partial charge in [-0.25, -0.2) is 14.0 Å². The Morgan fingerprint density at radius 2 is 1.55 bits per heavy atom. The summed E-state index contributed by atoms with van der Waals surface area (Å²) in [5, 5.41) is 4.27. The van der Waals surface area contributed by atoms with Crippen LogP contribution < -0.4 is 20.2 Å². The zero-order valence-electron chi connectivity index (χ0n) is 18.8.